The lowest BCUT2D eigenvalue weighted by atomic mass is 9.94. The molecule has 0 aliphatic heterocycles. The molecule has 0 aromatic heterocycles. The third-order valence-corrected chi connectivity index (χ3v) is 2.97. The molecule has 20 heavy (non-hydrogen) atoms. The number of hydrogen-bond donors (Lipinski definition) is 3. The number of rotatable bonds is 6. The minimum absolute atomic E-state index is 0.183. The summed E-state index contributed by atoms with van der Waals surface area (Å²) in [4.78, 5) is 12.2. The summed E-state index contributed by atoms with van der Waals surface area (Å²) in [6.45, 7) is 5.94. The van der Waals surface area contributed by atoms with Crippen molar-refractivity contribution in [3.8, 4) is 5.75 Å². The highest BCUT2D eigenvalue weighted by Crippen LogP contribution is 2.25. The summed E-state index contributed by atoms with van der Waals surface area (Å²) < 4.78 is 5.15. The fourth-order valence-corrected chi connectivity index (χ4v) is 2.28. The molecule has 0 fully saturated rings. The van der Waals surface area contributed by atoms with E-state index in [2.05, 4.69) is 5.32 Å². The number of anilines is 1. The van der Waals surface area contributed by atoms with Crippen LogP contribution in [0.2, 0.25) is 0 Å². The number of aliphatic hydroxyl groups is 1. The van der Waals surface area contributed by atoms with E-state index in [9.17, 15) is 9.90 Å². The van der Waals surface area contributed by atoms with Crippen molar-refractivity contribution in [2.45, 2.75) is 32.8 Å². The Morgan fingerprint density at radius 1 is 1.50 bits per heavy atom. The molecule has 5 nitrogen and oxygen atoms in total. The van der Waals surface area contributed by atoms with E-state index >= 15 is 0 Å². The van der Waals surface area contributed by atoms with E-state index in [1.54, 1.807) is 25.1 Å². The van der Waals surface area contributed by atoms with Gasteiger partial charge in [0.25, 0.3) is 5.91 Å². The van der Waals surface area contributed by atoms with Gasteiger partial charge in [0, 0.05) is 6.54 Å². The number of ether oxygens (including phenoxy) is 1. The molecule has 0 saturated heterocycles. The van der Waals surface area contributed by atoms with Crippen LogP contribution in [0.4, 0.5) is 5.69 Å². The van der Waals surface area contributed by atoms with Gasteiger partial charge in [0.1, 0.15) is 0 Å². The van der Waals surface area contributed by atoms with E-state index in [4.69, 9.17) is 10.5 Å². The molecule has 5 heteroatoms. The highest BCUT2D eigenvalue weighted by molar-refractivity contribution is 5.98. The molecule has 0 saturated carbocycles. The molecular weight excluding hydrogens is 256 g/mol. The monoisotopic (exact) mass is 280 g/mol. The summed E-state index contributed by atoms with van der Waals surface area (Å²) in [5.74, 6) is 0.399. The molecule has 0 aliphatic carbocycles. The smallest absolute Gasteiger partial charge is 0.255 e. The normalized spacial score (nSPS) is 13.9. The Kier molecular flexibility index (Phi) is 5.39. The van der Waals surface area contributed by atoms with Crippen LogP contribution in [-0.2, 0) is 0 Å². The van der Waals surface area contributed by atoms with Crippen LogP contribution in [0.25, 0.3) is 0 Å². The largest absolute Gasteiger partial charge is 0.494 e. The van der Waals surface area contributed by atoms with Crippen molar-refractivity contribution in [2.75, 3.05) is 19.4 Å². The number of carbonyl (C=O) groups is 1. The van der Waals surface area contributed by atoms with Crippen molar-refractivity contribution in [2.24, 2.45) is 5.92 Å². The third kappa shape index (κ3) is 4.42. The summed E-state index contributed by atoms with van der Waals surface area (Å²) in [6.07, 6.45) is 0.612. The van der Waals surface area contributed by atoms with Crippen LogP contribution in [0.15, 0.2) is 18.2 Å². The second-order valence-electron chi connectivity index (χ2n) is 5.71. The summed E-state index contributed by atoms with van der Waals surface area (Å²) in [6, 6.07) is 5.01. The van der Waals surface area contributed by atoms with Crippen LogP contribution >= 0.6 is 0 Å². The van der Waals surface area contributed by atoms with Crippen molar-refractivity contribution in [1.82, 2.24) is 5.32 Å². The Hall–Kier alpha value is -1.75. The van der Waals surface area contributed by atoms with Crippen molar-refractivity contribution < 1.29 is 14.6 Å². The maximum absolute atomic E-state index is 12.2. The Bertz CT molecular complexity index is 470. The van der Waals surface area contributed by atoms with E-state index in [-0.39, 0.29) is 12.5 Å². The maximum atomic E-state index is 12.2. The fraction of sp³-hybridized carbons (Fsp3) is 0.533. The van der Waals surface area contributed by atoms with Crippen molar-refractivity contribution >= 4 is 11.6 Å². The number of nitrogens with one attached hydrogen (secondary N) is 1. The van der Waals surface area contributed by atoms with E-state index in [0.717, 1.165) is 0 Å². The van der Waals surface area contributed by atoms with Crippen molar-refractivity contribution in [3.63, 3.8) is 0 Å². The van der Waals surface area contributed by atoms with Crippen molar-refractivity contribution in [1.29, 1.82) is 0 Å². The summed E-state index contributed by atoms with van der Waals surface area (Å²) in [5.41, 5.74) is 5.61. The first-order valence-electron chi connectivity index (χ1n) is 6.70. The number of amides is 1. The topological polar surface area (TPSA) is 84.6 Å². The van der Waals surface area contributed by atoms with Gasteiger partial charge in [0.05, 0.1) is 24.0 Å². The van der Waals surface area contributed by atoms with Gasteiger partial charge >= 0.3 is 0 Å². The van der Waals surface area contributed by atoms with Crippen LogP contribution < -0.4 is 15.8 Å². The maximum Gasteiger partial charge on any atom is 0.255 e. The Morgan fingerprint density at radius 2 is 2.15 bits per heavy atom. The van der Waals surface area contributed by atoms with E-state index < -0.39 is 5.60 Å². The first kappa shape index (κ1) is 16.3. The molecule has 1 unspecified atom stereocenters. The number of nitrogen functional groups attached to an aromatic ring is 1. The SMILES string of the molecule is COc1c(N)cccc1C(=O)NCC(C)(O)CC(C)C. The van der Waals surface area contributed by atoms with Crippen LogP contribution in [0.3, 0.4) is 0 Å². The van der Waals surface area contributed by atoms with Gasteiger partial charge < -0.3 is 20.9 Å². The molecule has 1 atom stereocenters. The van der Waals surface area contributed by atoms with Gasteiger partial charge in [-0.1, -0.05) is 19.9 Å². The van der Waals surface area contributed by atoms with E-state index in [0.29, 0.717) is 29.3 Å². The lowest BCUT2D eigenvalue weighted by Gasteiger charge is -2.25. The zero-order chi connectivity index (χ0) is 15.3. The molecule has 0 aliphatic rings. The van der Waals surface area contributed by atoms with Gasteiger partial charge in [-0.3, -0.25) is 4.79 Å². The third-order valence-electron chi connectivity index (χ3n) is 2.97. The van der Waals surface area contributed by atoms with E-state index in [1.165, 1.54) is 7.11 Å². The van der Waals surface area contributed by atoms with Crippen LogP contribution in [0, 0.1) is 5.92 Å². The fourth-order valence-electron chi connectivity index (χ4n) is 2.28. The first-order valence-corrected chi connectivity index (χ1v) is 6.70. The van der Waals surface area contributed by atoms with Crippen LogP contribution in [-0.4, -0.2) is 30.3 Å². The number of methoxy groups -OCH3 is 1. The van der Waals surface area contributed by atoms with Crippen LogP contribution in [0.1, 0.15) is 37.6 Å². The molecule has 1 aromatic rings. The lowest BCUT2D eigenvalue weighted by molar-refractivity contribution is 0.0368. The average molecular weight is 280 g/mol. The predicted molar refractivity (Wildman–Crippen MR) is 79.8 cm³/mol. The highest BCUT2D eigenvalue weighted by Gasteiger charge is 2.23. The Balaban J connectivity index is 2.75. The summed E-state index contributed by atoms with van der Waals surface area (Å²) in [7, 11) is 1.47. The molecule has 0 bridgehead atoms. The number of nitrogens with two attached hydrogens (primary N) is 1. The molecule has 0 radical (unpaired) electrons. The average Bonchev–Trinajstić information content (AvgIpc) is 2.34. The van der Waals surface area contributed by atoms with Gasteiger partial charge in [-0.2, -0.15) is 0 Å². The van der Waals surface area contributed by atoms with E-state index in [1.807, 2.05) is 13.8 Å². The quantitative estimate of drug-likeness (QED) is 0.694. The highest BCUT2D eigenvalue weighted by atomic mass is 16.5. The zero-order valence-corrected chi connectivity index (χ0v) is 12.6. The number of carbonyl (C=O) groups excluding carboxylic acids is 1. The lowest BCUT2D eigenvalue weighted by Crippen LogP contribution is -2.41. The minimum Gasteiger partial charge on any atom is -0.494 e. The predicted octanol–water partition coefficient (Wildman–Crippen LogP) is 1.80. The first-order chi connectivity index (χ1) is 9.26. The Morgan fingerprint density at radius 3 is 2.70 bits per heavy atom. The van der Waals surface area contributed by atoms with Gasteiger partial charge in [0.2, 0.25) is 0 Å². The van der Waals surface area contributed by atoms with Gasteiger partial charge in [0.15, 0.2) is 5.75 Å². The van der Waals surface area contributed by atoms with Gasteiger partial charge in [-0.05, 0) is 31.4 Å². The summed E-state index contributed by atoms with van der Waals surface area (Å²) in [5, 5.41) is 12.9. The summed E-state index contributed by atoms with van der Waals surface area (Å²) >= 11 is 0. The second-order valence-corrected chi connectivity index (χ2v) is 5.71. The molecule has 4 N–H and O–H groups in total. The molecule has 0 spiro atoms. The number of para-hydroxylation sites is 1. The number of hydrogen-bond acceptors (Lipinski definition) is 4. The van der Waals surface area contributed by atoms with Gasteiger partial charge in [-0.25, -0.2) is 0 Å². The molecule has 0 heterocycles. The van der Waals surface area contributed by atoms with Crippen LogP contribution in [0.5, 0.6) is 5.75 Å². The minimum atomic E-state index is -0.933. The molecule has 1 aromatic carbocycles. The molecule has 112 valence electrons. The van der Waals surface area contributed by atoms with Crippen molar-refractivity contribution in [3.05, 3.63) is 23.8 Å². The molecular formula is C15H24N2O3. The zero-order valence-electron chi connectivity index (χ0n) is 12.6. The Labute approximate surface area is 120 Å². The standard InChI is InChI=1S/C15H24N2O3/c1-10(2)8-15(3,19)9-17-14(18)11-6-5-7-12(16)13(11)20-4/h5-7,10,19H,8-9,16H2,1-4H3,(H,17,18). The number of benzene rings is 1. The molecule has 1 rings (SSSR count). The second kappa shape index (κ2) is 6.61. The molecule has 1 amide bonds. The van der Waals surface area contributed by atoms with Gasteiger partial charge in [-0.15, -0.1) is 0 Å².